The van der Waals surface area contributed by atoms with Crippen molar-refractivity contribution in [1.29, 1.82) is 0 Å². The molecule has 28 heavy (non-hydrogen) atoms. The maximum absolute atomic E-state index is 11.7. The van der Waals surface area contributed by atoms with Gasteiger partial charge in [-0.25, -0.2) is 4.79 Å². The van der Waals surface area contributed by atoms with Gasteiger partial charge in [0.2, 0.25) is 5.91 Å². The van der Waals surface area contributed by atoms with Crippen LogP contribution in [0.5, 0.6) is 0 Å². The molecule has 0 aliphatic carbocycles. The molecule has 6 heteroatoms. The highest BCUT2D eigenvalue weighted by molar-refractivity contribution is 5.79. The van der Waals surface area contributed by atoms with Crippen LogP contribution in [-0.4, -0.2) is 31.1 Å². The van der Waals surface area contributed by atoms with E-state index in [4.69, 9.17) is 10.5 Å². The maximum Gasteiger partial charge on any atom is 0.407 e. The summed E-state index contributed by atoms with van der Waals surface area (Å²) in [7, 11) is 0. The van der Waals surface area contributed by atoms with Gasteiger partial charge in [0.05, 0.1) is 6.04 Å². The van der Waals surface area contributed by atoms with Gasteiger partial charge in [-0.05, 0) is 43.4 Å². The molecule has 0 spiro atoms. The first-order chi connectivity index (χ1) is 13.6. The van der Waals surface area contributed by atoms with E-state index < -0.39 is 6.09 Å². The standard InChI is InChI=1S/C22H29N3O3/c23-21(26)20(24-16-14-18-9-3-1-4-10-18)13-7-8-15-25-22(27)28-17-19-11-5-2-6-12-19/h1-6,9-12,20,24H,7-8,13-17H2,(H2,23,26)(H,25,27)/t20-/m1/s1. The van der Waals surface area contributed by atoms with Crippen LogP contribution in [0.3, 0.4) is 0 Å². The van der Waals surface area contributed by atoms with Gasteiger partial charge in [0.15, 0.2) is 0 Å². The molecule has 6 nitrogen and oxygen atoms in total. The van der Waals surface area contributed by atoms with Crippen LogP contribution in [0.2, 0.25) is 0 Å². The first kappa shape index (κ1) is 21.4. The molecule has 1 atom stereocenters. The average Bonchev–Trinajstić information content (AvgIpc) is 2.72. The fourth-order valence-corrected chi connectivity index (χ4v) is 2.82. The summed E-state index contributed by atoms with van der Waals surface area (Å²) in [6.07, 6.45) is 2.59. The van der Waals surface area contributed by atoms with Crippen molar-refractivity contribution in [2.24, 2.45) is 5.73 Å². The van der Waals surface area contributed by atoms with Crippen molar-refractivity contribution in [3.8, 4) is 0 Å². The highest BCUT2D eigenvalue weighted by Gasteiger charge is 2.13. The molecule has 0 radical (unpaired) electrons. The van der Waals surface area contributed by atoms with Crippen LogP contribution in [0.1, 0.15) is 30.4 Å². The summed E-state index contributed by atoms with van der Waals surface area (Å²) in [5.74, 6) is -0.344. The van der Waals surface area contributed by atoms with E-state index in [0.29, 0.717) is 19.5 Å². The Balaban J connectivity index is 1.55. The Hall–Kier alpha value is -2.86. The minimum absolute atomic E-state index is 0.252. The van der Waals surface area contributed by atoms with Gasteiger partial charge in [0.1, 0.15) is 6.61 Å². The van der Waals surface area contributed by atoms with Gasteiger partial charge >= 0.3 is 6.09 Å². The predicted octanol–water partition coefficient (Wildman–Crippen LogP) is 2.77. The van der Waals surface area contributed by atoms with Crippen molar-refractivity contribution < 1.29 is 14.3 Å². The second kappa shape index (κ2) is 12.5. The summed E-state index contributed by atoms with van der Waals surface area (Å²) in [5, 5.41) is 5.94. The first-order valence-corrected chi connectivity index (χ1v) is 9.66. The topological polar surface area (TPSA) is 93.5 Å². The molecule has 0 aliphatic heterocycles. The molecule has 0 saturated carbocycles. The quantitative estimate of drug-likeness (QED) is 0.491. The van der Waals surface area contributed by atoms with Gasteiger partial charge in [0, 0.05) is 6.54 Å². The molecule has 2 rings (SSSR count). The Labute approximate surface area is 166 Å². The van der Waals surface area contributed by atoms with Gasteiger partial charge in [0.25, 0.3) is 0 Å². The van der Waals surface area contributed by atoms with E-state index in [-0.39, 0.29) is 18.6 Å². The zero-order chi connectivity index (χ0) is 20.0. The Morgan fingerprint density at radius 1 is 0.893 bits per heavy atom. The van der Waals surface area contributed by atoms with Crippen molar-refractivity contribution in [3.05, 3.63) is 71.8 Å². The summed E-state index contributed by atoms with van der Waals surface area (Å²) in [6, 6.07) is 19.3. The molecule has 4 N–H and O–H groups in total. The van der Waals surface area contributed by atoms with Crippen molar-refractivity contribution in [2.45, 2.75) is 38.3 Å². The number of hydrogen-bond acceptors (Lipinski definition) is 4. The molecule has 2 aromatic rings. The summed E-state index contributed by atoms with van der Waals surface area (Å²) < 4.78 is 5.15. The van der Waals surface area contributed by atoms with Crippen LogP contribution in [0.4, 0.5) is 4.79 Å². The number of hydrogen-bond donors (Lipinski definition) is 3. The van der Waals surface area contributed by atoms with Crippen molar-refractivity contribution in [3.63, 3.8) is 0 Å². The number of primary amides is 1. The van der Waals surface area contributed by atoms with E-state index in [0.717, 1.165) is 24.8 Å². The lowest BCUT2D eigenvalue weighted by Crippen LogP contribution is -2.42. The van der Waals surface area contributed by atoms with Gasteiger partial charge in [-0.1, -0.05) is 60.7 Å². The lowest BCUT2D eigenvalue weighted by atomic mass is 10.1. The largest absolute Gasteiger partial charge is 0.445 e. The van der Waals surface area contributed by atoms with E-state index in [1.54, 1.807) is 0 Å². The average molecular weight is 383 g/mol. The number of benzene rings is 2. The van der Waals surface area contributed by atoms with E-state index in [9.17, 15) is 9.59 Å². The third kappa shape index (κ3) is 8.68. The second-order valence-electron chi connectivity index (χ2n) is 6.63. The third-order valence-corrected chi connectivity index (χ3v) is 4.39. The predicted molar refractivity (Wildman–Crippen MR) is 110 cm³/mol. The van der Waals surface area contributed by atoms with Crippen LogP contribution in [0.25, 0.3) is 0 Å². The number of carbonyl (C=O) groups excluding carboxylic acids is 2. The Morgan fingerprint density at radius 2 is 1.54 bits per heavy atom. The smallest absolute Gasteiger partial charge is 0.407 e. The van der Waals surface area contributed by atoms with Crippen molar-refractivity contribution >= 4 is 12.0 Å². The summed E-state index contributed by atoms with van der Waals surface area (Å²) in [6.45, 7) is 1.45. The highest BCUT2D eigenvalue weighted by atomic mass is 16.5. The number of ether oxygens (including phenoxy) is 1. The fourth-order valence-electron chi connectivity index (χ4n) is 2.82. The number of rotatable bonds is 12. The Kier molecular flexibility index (Phi) is 9.58. The molecule has 0 unspecified atom stereocenters. The van der Waals surface area contributed by atoms with Crippen LogP contribution >= 0.6 is 0 Å². The summed E-state index contributed by atoms with van der Waals surface area (Å²) in [4.78, 5) is 23.3. The molecule has 150 valence electrons. The van der Waals surface area contributed by atoms with E-state index in [1.807, 2.05) is 48.5 Å². The molecule has 2 aromatic carbocycles. The molecule has 2 amide bonds. The van der Waals surface area contributed by atoms with Gasteiger partial charge < -0.3 is 21.1 Å². The molecule has 0 saturated heterocycles. The highest BCUT2D eigenvalue weighted by Crippen LogP contribution is 2.03. The zero-order valence-corrected chi connectivity index (χ0v) is 16.1. The number of nitrogens with two attached hydrogens (primary N) is 1. The van der Waals surface area contributed by atoms with Crippen LogP contribution in [0.15, 0.2) is 60.7 Å². The van der Waals surface area contributed by atoms with E-state index in [2.05, 4.69) is 22.8 Å². The van der Waals surface area contributed by atoms with E-state index >= 15 is 0 Å². The van der Waals surface area contributed by atoms with Crippen LogP contribution < -0.4 is 16.4 Å². The van der Waals surface area contributed by atoms with Crippen LogP contribution in [-0.2, 0) is 22.6 Å². The lowest BCUT2D eigenvalue weighted by molar-refractivity contribution is -0.120. The molecule has 0 aromatic heterocycles. The number of nitrogens with one attached hydrogen (secondary N) is 2. The minimum Gasteiger partial charge on any atom is -0.445 e. The normalized spacial score (nSPS) is 11.6. The molecule has 0 heterocycles. The van der Waals surface area contributed by atoms with Gasteiger partial charge in [-0.15, -0.1) is 0 Å². The zero-order valence-electron chi connectivity index (χ0n) is 16.1. The fraction of sp³-hybridized carbons (Fsp3) is 0.364. The molecular formula is C22H29N3O3. The number of carbonyl (C=O) groups is 2. The summed E-state index contributed by atoms with van der Waals surface area (Å²) >= 11 is 0. The molecule has 0 bridgehead atoms. The van der Waals surface area contributed by atoms with Crippen molar-refractivity contribution in [1.82, 2.24) is 10.6 Å². The van der Waals surface area contributed by atoms with Gasteiger partial charge in [-0.2, -0.15) is 0 Å². The third-order valence-electron chi connectivity index (χ3n) is 4.39. The molecular weight excluding hydrogens is 354 g/mol. The number of unbranched alkanes of at least 4 members (excludes halogenated alkanes) is 1. The lowest BCUT2D eigenvalue weighted by Gasteiger charge is -2.15. The summed E-state index contributed by atoms with van der Waals surface area (Å²) in [5.41, 5.74) is 7.65. The Morgan fingerprint density at radius 3 is 2.18 bits per heavy atom. The second-order valence-corrected chi connectivity index (χ2v) is 6.63. The monoisotopic (exact) mass is 383 g/mol. The number of amides is 2. The maximum atomic E-state index is 11.7. The minimum atomic E-state index is -0.434. The van der Waals surface area contributed by atoms with Crippen LogP contribution in [0, 0.1) is 0 Å². The van der Waals surface area contributed by atoms with Crippen molar-refractivity contribution in [2.75, 3.05) is 13.1 Å². The first-order valence-electron chi connectivity index (χ1n) is 9.66. The van der Waals surface area contributed by atoms with Gasteiger partial charge in [-0.3, -0.25) is 4.79 Å². The SMILES string of the molecule is NC(=O)[C@@H](CCCCNC(=O)OCc1ccccc1)NCCc1ccccc1. The van der Waals surface area contributed by atoms with E-state index in [1.165, 1.54) is 5.56 Å². The Bertz CT molecular complexity index is 707. The molecule has 0 aliphatic rings. The number of alkyl carbamates (subject to hydrolysis) is 1. The molecule has 0 fully saturated rings.